The summed E-state index contributed by atoms with van der Waals surface area (Å²) in [6.07, 6.45) is 22.2. The molecule has 1 aromatic carbocycles. The molecule has 3 unspecified atom stereocenters. The Bertz CT molecular complexity index is 956. The van der Waals surface area contributed by atoms with Crippen LogP contribution in [0.2, 0.25) is 0 Å². The van der Waals surface area contributed by atoms with E-state index in [2.05, 4.69) is 83.5 Å². The average Bonchev–Trinajstić information content (AvgIpc) is 2.87. The molecule has 182 valence electrons. The summed E-state index contributed by atoms with van der Waals surface area (Å²) in [4.78, 5) is 0. The van der Waals surface area contributed by atoms with E-state index in [9.17, 15) is 0 Å². The normalized spacial score (nSPS) is 15.0. The number of allylic oxidation sites excluding steroid dienone is 14. The molecule has 0 heteroatoms. The van der Waals surface area contributed by atoms with Gasteiger partial charge in [0.15, 0.2) is 0 Å². The van der Waals surface area contributed by atoms with Gasteiger partial charge in [0, 0.05) is 17.8 Å². The zero-order chi connectivity index (χ0) is 26.1. The molecule has 0 N–H and O–H groups in total. The summed E-state index contributed by atoms with van der Waals surface area (Å²) in [6.45, 7) is 31.0. The lowest BCUT2D eigenvalue weighted by molar-refractivity contribution is 0.856. The summed E-state index contributed by atoms with van der Waals surface area (Å²) in [6, 6.07) is 6.94. The minimum Gasteiger partial charge on any atom is -0.0991 e. The van der Waals surface area contributed by atoms with Crippen LogP contribution in [0.25, 0.3) is 0 Å². The largest absolute Gasteiger partial charge is 0.0991 e. The molecule has 0 aliphatic rings. The Morgan fingerprint density at radius 3 is 1.53 bits per heavy atom. The van der Waals surface area contributed by atoms with Gasteiger partial charge >= 0.3 is 0 Å². The lowest BCUT2D eigenvalue weighted by atomic mass is 9.82. The van der Waals surface area contributed by atoms with Crippen molar-refractivity contribution in [1.29, 1.82) is 0 Å². The SMILES string of the molecule is C=C/C=C(\C=C)C(C)c1cc(C(C)C(=C)/C=C\C=C/C)cc(C(C)/C(C=C)=C/C=C\C)c1.CC. The molecular formula is C34H46. The Morgan fingerprint density at radius 2 is 1.12 bits per heavy atom. The van der Waals surface area contributed by atoms with E-state index in [4.69, 9.17) is 0 Å². The van der Waals surface area contributed by atoms with Gasteiger partial charge in [0.05, 0.1) is 0 Å². The Kier molecular flexibility index (Phi) is 15.8. The first-order valence-corrected chi connectivity index (χ1v) is 12.4. The Balaban J connectivity index is 0.00000529. The first kappa shape index (κ1) is 30.9. The van der Waals surface area contributed by atoms with Gasteiger partial charge in [-0.1, -0.05) is 146 Å². The van der Waals surface area contributed by atoms with E-state index in [0.717, 1.165) is 11.1 Å². The molecule has 0 aliphatic heterocycles. The molecular weight excluding hydrogens is 408 g/mol. The van der Waals surface area contributed by atoms with E-state index in [0.29, 0.717) is 0 Å². The van der Waals surface area contributed by atoms with Gasteiger partial charge in [-0.3, -0.25) is 0 Å². The molecule has 0 aromatic heterocycles. The van der Waals surface area contributed by atoms with Crippen molar-refractivity contribution in [2.45, 2.75) is 66.2 Å². The van der Waals surface area contributed by atoms with E-state index in [-0.39, 0.29) is 17.8 Å². The van der Waals surface area contributed by atoms with Crippen molar-refractivity contribution in [3.8, 4) is 0 Å². The second-order valence-electron chi connectivity index (χ2n) is 8.06. The van der Waals surface area contributed by atoms with Gasteiger partial charge in [-0.25, -0.2) is 0 Å². The fraction of sp³-hybridized carbons (Fsp3) is 0.294. The molecule has 1 aromatic rings. The fourth-order valence-corrected chi connectivity index (χ4v) is 3.61. The van der Waals surface area contributed by atoms with Crippen LogP contribution in [-0.4, -0.2) is 0 Å². The molecule has 0 nitrogen and oxygen atoms in total. The van der Waals surface area contributed by atoms with Crippen molar-refractivity contribution in [2.75, 3.05) is 0 Å². The molecule has 0 radical (unpaired) electrons. The van der Waals surface area contributed by atoms with Crippen LogP contribution >= 0.6 is 0 Å². The van der Waals surface area contributed by atoms with Crippen molar-refractivity contribution in [1.82, 2.24) is 0 Å². The molecule has 0 spiro atoms. The average molecular weight is 455 g/mol. The molecule has 34 heavy (non-hydrogen) atoms. The minimum absolute atomic E-state index is 0.205. The molecule has 1 rings (SSSR count). The van der Waals surface area contributed by atoms with Crippen LogP contribution in [0.5, 0.6) is 0 Å². The lowest BCUT2D eigenvalue weighted by Gasteiger charge is -2.22. The van der Waals surface area contributed by atoms with Crippen LogP contribution in [0, 0.1) is 0 Å². The Morgan fingerprint density at radius 1 is 0.676 bits per heavy atom. The summed E-state index contributed by atoms with van der Waals surface area (Å²) in [5.41, 5.74) is 7.25. The van der Waals surface area contributed by atoms with E-state index < -0.39 is 0 Å². The van der Waals surface area contributed by atoms with E-state index in [1.54, 1.807) is 0 Å². The first-order chi connectivity index (χ1) is 16.3. The highest BCUT2D eigenvalue weighted by Gasteiger charge is 2.18. The van der Waals surface area contributed by atoms with E-state index >= 15 is 0 Å². The highest BCUT2D eigenvalue weighted by Crippen LogP contribution is 2.35. The smallest absolute Gasteiger partial charge is 0.00609 e. The zero-order valence-electron chi connectivity index (χ0n) is 22.6. The summed E-state index contributed by atoms with van der Waals surface area (Å²) in [7, 11) is 0. The minimum atomic E-state index is 0.205. The van der Waals surface area contributed by atoms with Gasteiger partial charge in [-0.15, -0.1) is 0 Å². The van der Waals surface area contributed by atoms with Crippen LogP contribution in [0.3, 0.4) is 0 Å². The molecule has 0 saturated heterocycles. The third-order valence-electron chi connectivity index (χ3n) is 5.93. The fourth-order valence-electron chi connectivity index (χ4n) is 3.61. The van der Waals surface area contributed by atoms with Crippen molar-refractivity contribution in [3.63, 3.8) is 0 Å². The number of rotatable bonds is 12. The van der Waals surface area contributed by atoms with Crippen molar-refractivity contribution in [3.05, 3.63) is 145 Å². The Labute approximate surface area is 210 Å². The first-order valence-electron chi connectivity index (χ1n) is 12.4. The maximum atomic E-state index is 4.33. The van der Waals surface area contributed by atoms with Crippen LogP contribution in [0.1, 0.15) is 82.9 Å². The van der Waals surface area contributed by atoms with Crippen LogP contribution in [0.15, 0.2) is 128 Å². The second-order valence-corrected chi connectivity index (χ2v) is 8.06. The predicted molar refractivity (Wildman–Crippen MR) is 158 cm³/mol. The van der Waals surface area contributed by atoms with Crippen LogP contribution < -0.4 is 0 Å². The molecule has 0 fully saturated rings. The maximum absolute atomic E-state index is 4.33. The summed E-state index contributed by atoms with van der Waals surface area (Å²) < 4.78 is 0. The predicted octanol–water partition coefficient (Wildman–Crippen LogP) is 10.7. The zero-order valence-corrected chi connectivity index (χ0v) is 22.6. The number of hydrogen-bond donors (Lipinski definition) is 0. The maximum Gasteiger partial charge on any atom is 0.00609 e. The highest BCUT2D eigenvalue weighted by molar-refractivity contribution is 5.46. The van der Waals surface area contributed by atoms with Gasteiger partial charge in [0.1, 0.15) is 0 Å². The van der Waals surface area contributed by atoms with Crippen molar-refractivity contribution in [2.24, 2.45) is 0 Å². The van der Waals surface area contributed by atoms with Crippen LogP contribution in [-0.2, 0) is 0 Å². The summed E-state index contributed by atoms with van der Waals surface area (Å²) in [5, 5.41) is 0. The topological polar surface area (TPSA) is 0 Å². The van der Waals surface area contributed by atoms with Gasteiger partial charge in [-0.05, 0) is 47.3 Å². The Hall–Kier alpha value is -3.12. The molecule has 0 aliphatic carbocycles. The summed E-state index contributed by atoms with van der Waals surface area (Å²) >= 11 is 0. The number of benzene rings is 1. The van der Waals surface area contributed by atoms with Gasteiger partial charge < -0.3 is 0 Å². The van der Waals surface area contributed by atoms with Crippen molar-refractivity contribution >= 4 is 0 Å². The van der Waals surface area contributed by atoms with Gasteiger partial charge in [0.2, 0.25) is 0 Å². The monoisotopic (exact) mass is 454 g/mol. The van der Waals surface area contributed by atoms with E-state index in [1.807, 2.05) is 76.3 Å². The van der Waals surface area contributed by atoms with Gasteiger partial charge in [-0.2, -0.15) is 0 Å². The molecule has 0 amide bonds. The highest BCUT2D eigenvalue weighted by atomic mass is 14.2. The van der Waals surface area contributed by atoms with Crippen LogP contribution in [0.4, 0.5) is 0 Å². The molecule has 0 bridgehead atoms. The van der Waals surface area contributed by atoms with Gasteiger partial charge in [0.25, 0.3) is 0 Å². The third kappa shape index (κ3) is 9.40. The van der Waals surface area contributed by atoms with Crippen molar-refractivity contribution < 1.29 is 0 Å². The molecule has 0 heterocycles. The standard InChI is InChI=1S/C32H40.C2H6/c1-10-15-17-19-24(6)25(7)30-21-31(26(8)28(13-4)18-12-3)23-32(22-30)27(9)29(14-5)20-16-11-2;1-2/h10-23,25-27H,3-6H2,1-2,7-9H3;1-2H3/b15-10-,16-11-,19-17-,28-18+,29-20+;. The number of hydrogen-bond acceptors (Lipinski definition) is 0. The summed E-state index contributed by atoms with van der Waals surface area (Å²) in [5.74, 6) is 0.642. The second kappa shape index (κ2) is 17.4. The quantitative estimate of drug-likeness (QED) is 0.275. The third-order valence-corrected chi connectivity index (χ3v) is 5.93. The van der Waals surface area contributed by atoms with E-state index in [1.165, 1.54) is 22.3 Å². The molecule has 0 saturated carbocycles. The lowest BCUT2D eigenvalue weighted by Crippen LogP contribution is -2.05. The molecule has 3 atom stereocenters.